The molecular formula is C15H22ClN. The number of anilines is 1. The van der Waals surface area contributed by atoms with Crippen molar-refractivity contribution in [3.8, 4) is 0 Å². The number of benzene rings is 1. The van der Waals surface area contributed by atoms with Crippen LogP contribution in [0.4, 0.5) is 5.69 Å². The summed E-state index contributed by atoms with van der Waals surface area (Å²) in [5.74, 6) is 0.612. The van der Waals surface area contributed by atoms with Crippen molar-refractivity contribution in [3.05, 3.63) is 29.3 Å². The molecule has 0 radical (unpaired) electrons. The maximum absolute atomic E-state index is 5.87. The molecule has 0 aromatic heterocycles. The van der Waals surface area contributed by atoms with E-state index in [0.717, 1.165) is 0 Å². The maximum Gasteiger partial charge on any atom is 0.0474 e. The second kappa shape index (κ2) is 6.30. The van der Waals surface area contributed by atoms with E-state index in [4.69, 9.17) is 11.6 Å². The largest absolute Gasteiger partial charge is 0.371 e. The van der Waals surface area contributed by atoms with Crippen LogP contribution in [0.15, 0.2) is 18.2 Å². The average molecular weight is 252 g/mol. The van der Waals surface area contributed by atoms with E-state index >= 15 is 0 Å². The molecule has 0 atom stereocenters. The fourth-order valence-corrected chi connectivity index (χ4v) is 2.81. The highest BCUT2D eigenvalue weighted by molar-refractivity contribution is 6.17. The number of rotatable bonds is 2. The average Bonchev–Trinajstić information content (AvgIpc) is 2.29. The summed E-state index contributed by atoms with van der Waals surface area (Å²) in [7, 11) is 0. The van der Waals surface area contributed by atoms with Gasteiger partial charge in [0.05, 0.1) is 0 Å². The summed E-state index contributed by atoms with van der Waals surface area (Å²) in [6.07, 6.45) is 6.84. The monoisotopic (exact) mass is 251 g/mol. The molecule has 0 amide bonds. The summed E-state index contributed by atoms with van der Waals surface area (Å²) in [5.41, 5.74) is 3.99. The summed E-state index contributed by atoms with van der Waals surface area (Å²) in [6, 6.07) is 6.63. The number of aryl methyl sites for hydroxylation is 1. The van der Waals surface area contributed by atoms with Gasteiger partial charge in [0.25, 0.3) is 0 Å². The third-order valence-electron chi connectivity index (χ3n) is 3.61. The third kappa shape index (κ3) is 3.38. The van der Waals surface area contributed by atoms with Gasteiger partial charge in [0.1, 0.15) is 0 Å². The molecule has 0 saturated carbocycles. The van der Waals surface area contributed by atoms with Crippen molar-refractivity contribution in [2.24, 2.45) is 0 Å². The minimum absolute atomic E-state index is 0.612. The molecule has 2 heteroatoms. The summed E-state index contributed by atoms with van der Waals surface area (Å²) < 4.78 is 0. The van der Waals surface area contributed by atoms with E-state index in [9.17, 15) is 0 Å². The second-order valence-electron chi connectivity index (χ2n) is 5.01. The summed E-state index contributed by atoms with van der Waals surface area (Å²) in [4.78, 5) is 2.55. The minimum Gasteiger partial charge on any atom is -0.371 e. The van der Waals surface area contributed by atoms with Crippen molar-refractivity contribution in [2.45, 2.75) is 44.9 Å². The van der Waals surface area contributed by atoms with Crippen LogP contribution in [0.5, 0.6) is 0 Å². The lowest BCUT2D eigenvalue weighted by Gasteiger charge is -2.28. The first-order valence-electron chi connectivity index (χ1n) is 6.71. The topological polar surface area (TPSA) is 3.24 Å². The highest BCUT2D eigenvalue weighted by Gasteiger charge is 2.11. The van der Waals surface area contributed by atoms with Crippen LogP contribution >= 0.6 is 11.6 Å². The van der Waals surface area contributed by atoms with Crippen molar-refractivity contribution < 1.29 is 0 Å². The molecule has 1 nitrogen and oxygen atoms in total. The Morgan fingerprint density at radius 2 is 1.71 bits per heavy atom. The quantitative estimate of drug-likeness (QED) is 0.700. The zero-order chi connectivity index (χ0) is 12.1. The van der Waals surface area contributed by atoms with Crippen molar-refractivity contribution in [3.63, 3.8) is 0 Å². The minimum atomic E-state index is 0.612. The maximum atomic E-state index is 5.87. The molecule has 94 valence electrons. The van der Waals surface area contributed by atoms with Gasteiger partial charge in [-0.1, -0.05) is 31.4 Å². The number of nitrogens with zero attached hydrogens (tertiary/aromatic N) is 1. The van der Waals surface area contributed by atoms with E-state index in [1.165, 1.54) is 62.0 Å². The molecule has 1 aliphatic heterocycles. The molecule has 0 N–H and O–H groups in total. The Bertz CT molecular complexity index is 354. The van der Waals surface area contributed by atoms with Crippen LogP contribution in [-0.2, 0) is 5.88 Å². The first-order chi connectivity index (χ1) is 8.31. The Hall–Kier alpha value is -0.690. The van der Waals surface area contributed by atoms with Gasteiger partial charge in [-0.25, -0.2) is 0 Å². The van der Waals surface area contributed by atoms with Gasteiger partial charge < -0.3 is 4.90 Å². The number of hydrogen-bond acceptors (Lipinski definition) is 1. The molecule has 1 saturated heterocycles. The Morgan fingerprint density at radius 3 is 2.29 bits per heavy atom. The SMILES string of the molecule is Cc1cc(CCl)ccc1N1CCCCCCC1. The van der Waals surface area contributed by atoms with Gasteiger partial charge in [0.15, 0.2) is 0 Å². The lowest BCUT2D eigenvalue weighted by atomic mass is 10.1. The molecule has 2 rings (SSSR count). The predicted octanol–water partition coefficient (Wildman–Crippen LogP) is 4.50. The van der Waals surface area contributed by atoms with Gasteiger partial charge >= 0.3 is 0 Å². The van der Waals surface area contributed by atoms with E-state index in [0.29, 0.717) is 5.88 Å². The van der Waals surface area contributed by atoms with Crippen LogP contribution in [0, 0.1) is 6.92 Å². The van der Waals surface area contributed by atoms with Gasteiger partial charge in [-0.3, -0.25) is 0 Å². The molecule has 1 aromatic rings. The summed E-state index contributed by atoms with van der Waals surface area (Å²) in [6.45, 7) is 4.62. The van der Waals surface area contributed by atoms with E-state index in [-0.39, 0.29) is 0 Å². The molecule has 0 unspecified atom stereocenters. The van der Waals surface area contributed by atoms with Gasteiger partial charge in [-0.15, -0.1) is 11.6 Å². The second-order valence-corrected chi connectivity index (χ2v) is 5.28. The Morgan fingerprint density at radius 1 is 1.06 bits per heavy atom. The lowest BCUT2D eigenvalue weighted by molar-refractivity contribution is 0.556. The van der Waals surface area contributed by atoms with E-state index in [1.807, 2.05) is 0 Å². The van der Waals surface area contributed by atoms with E-state index in [2.05, 4.69) is 30.0 Å². The molecular weight excluding hydrogens is 230 g/mol. The molecule has 0 aliphatic carbocycles. The van der Waals surface area contributed by atoms with Gasteiger partial charge in [-0.05, 0) is 37.0 Å². The highest BCUT2D eigenvalue weighted by atomic mass is 35.5. The number of alkyl halides is 1. The standard InChI is InChI=1S/C15H22ClN/c1-13-11-14(12-16)7-8-15(13)17-9-5-3-2-4-6-10-17/h7-8,11H,2-6,9-10,12H2,1H3. The van der Waals surface area contributed by atoms with E-state index < -0.39 is 0 Å². The van der Waals surface area contributed by atoms with Crippen molar-refractivity contribution >= 4 is 17.3 Å². The molecule has 1 heterocycles. The fourth-order valence-electron chi connectivity index (χ4n) is 2.64. The predicted molar refractivity (Wildman–Crippen MR) is 76.0 cm³/mol. The van der Waals surface area contributed by atoms with Crippen LogP contribution < -0.4 is 4.90 Å². The third-order valence-corrected chi connectivity index (χ3v) is 3.92. The number of halogens is 1. The summed E-state index contributed by atoms with van der Waals surface area (Å²) >= 11 is 5.87. The Balaban J connectivity index is 2.13. The van der Waals surface area contributed by atoms with Crippen LogP contribution in [0.3, 0.4) is 0 Å². The first-order valence-corrected chi connectivity index (χ1v) is 7.25. The normalized spacial score (nSPS) is 17.6. The molecule has 0 bridgehead atoms. The van der Waals surface area contributed by atoms with Gasteiger partial charge in [0.2, 0.25) is 0 Å². The van der Waals surface area contributed by atoms with Gasteiger partial charge in [0, 0.05) is 24.7 Å². The molecule has 17 heavy (non-hydrogen) atoms. The zero-order valence-electron chi connectivity index (χ0n) is 10.7. The smallest absolute Gasteiger partial charge is 0.0474 e. The first kappa shape index (κ1) is 12.8. The van der Waals surface area contributed by atoms with Crippen molar-refractivity contribution in [2.75, 3.05) is 18.0 Å². The Labute approximate surface area is 110 Å². The van der Waals surface area contributed by atoms with Crippen LogP contribution in [0.25, 0.3) is 0 Å². The Kier molecular flexibility index (Phi) is 4.73. The highest BCUT2D eigenvalue weighted by Crippen LogP contribution is 2.24. The number of hydrogen-bond donors (Lipinski definition) is 0. The van der Waals surface area contributed by atoms with Crippen LogP contribution in [0.1, 0.15) is 43.2 Å². The van der Waals surface area contributed by atoms with Crippen molar-refractivity contribution in [1.82, 2.24) is 0 Å². The van der Waals surface area contributed by atoms with Gasteiger partial charge in [-0.2, -0.15) is 0 Å². The van der Waals surface area contributed by atoms with Crippen LogP contribution in [0.2, 0.25) is 0 Å². The molecule has 1 aliphatic rings. The van der Waals surface area contributed by atoms with Crippen LogP contribution in [-0.4, -0.2) is 13.1 Å². The zero-order valence-corrected chi connectivity index (χ0v) is 11.5. The fraction of sp³-hybridized carbons (Fsp3) is 0.600. The lowest BCUT2D eigenvalue weighted by Crippen LogP contribution is -2.27. The molecule has 0 spiro atoms. The molecule has 1 aromatic carbocycles. The van der Waals surface area contributed by atoms with E-state index in [1.54, 1.807) is 0 Å². The summed E-state index contributed by atoms with van der Waals surface area (Å²) in [5, 5.41) is 0. The van der Waals surface area contributed by atoms with Crippen molar-refractivity contribution in [1.29, 1.82) is 0 Å². The molecule has 1 fully saturated rings.